The van der Waals surface area contributed by atoms with Gasteiger partial charge in [0.25, 0.3) is 0 Å². The van der Waals surface area contributed by atoms with Gasteiger partial charge in [0.2, 0.25) is 17.7 Å². The molecule has 4 rings (SSSR count). The molecule has 1 aromatic rings. The molecule has 248 valence electrons. The van der Waals surface area contributed by atoms with Crippen LogP contribution in [0.25, 0.3) is 0 Å². The third kappa shape index (κ3) is 6.68. The van der Waals surface area contributed by atoms with E-state index >= 15 is 4.79 Å². The number of benzene rings is 1. The molecule has 1 spiro atoms. The molecule has 3 unspecified atom stereocenters. The van der Waals surface area contributed by atoms with E-state index in [2.05, 4.69) is 77.6 Å². The fourth-order valence-corrected chi connectivity index (χ4v) is 12.0. The van der Waals surface area contributed by atoms with Crippen molar-refractivity contribution in [1.82, 2.24) is 9.80 Å². The number of halogens is 1. The van der Waals surface area contributed by atoms with Gasteiger partial charge in [0.05, 0.1) is 29.2 Å². The average molecular weight is 703 g/mol. The van der Waals surface area contributed by atoms with E-state index in [1.807, 2.05) is 35.2 Å². The maximum atomic E-state index is 15.2. The van der Waals surface area contributed by atoms with Crippen molar-refractivity contribution in [3.8, 4) is 0 Å². The molecule has 1 aromatic carbocycles. The summed E-state index contributed by atoms with van der Waals surface area (Å²) in [5, 5.41) is 10.6. The van der Waals surface area contributed by atoms with Crippen LogP contribution in [0.5, 0.6) is 0 Å². The molecule has 0 saturated carbocycles. The van der Waals surface area contributed by atoms with Crippen LogP contribution in [0.2, 0.25) is 0 Å². The Balaban J connectivity index is 1.87. The highest BCUT2D eigenvalue weighted by Gasteiger charge is 2.76. The molecule has 3 aliphatic rings. The normalized spacial score (nSPS) is 28.3. The number of aliphatic hydroxyl groups is 1. The number of likely N-dealkylation sites (tertiary alicyclic amines) is 1. The fourth-order valence-electron chi connectivity index (χ4n) is 8.39. The Hall–Kier alpha value is -2.10. The van der Waals surface area contributed by atoms with Crippen molar-refractivity contribution < 1.29 is 19.5 Å². The van der Waals surface area contributed by atoms with Gasteiger partial charge in [-0.2, -0.15) is 0 Å². The molecule has 7 nitrogen and oxygen atoms in total. The minimum atomic E-state index is -0.817. The number of hydrogen-bond donors (Lipinski definition) is 1. The summed E-state index contributed by atoms with van der Waals surface area (Å²) in [5.74, 6) is -1.58. The van der Waals surface area contributed by atoms with Crippen LogP contribution in [0.3, 0.4) is 0 Å². The predicted molar refractivity (Wildman–Crippen MR) is 188 cm³/mol. The summed E-state index contributed by atoms with van der Waals surface area (Å²) in [6.45, 7) is 23.1. The van der Waals surface area contributed by atoms with Crippen molar-refractivity contribution in [2.24, 2.45) is 23.2 Å². The lowest BCUT2D eigenvalue weighted by atomic mass is 9.70. The van der Waals surface area contributed by atoms with Crippen LogP contribution in [0, 0.1) is 23.2 Å². The standard InChI is InChI=1S/C36H52BrN3O4S/c1-10-17-38(24-15-13-12-14-16-24)31(42)27-28-32(43)40(25(21-41)19-23(3)4)30(36(28)20-26(37)29(27)45-36)33(44)39(18-11-2)35(8,9)22-34(5,6)7/h10-16,23,25-30,41H,1-2,17-22H2,3-9H3/t25-,26?,27+,28+,29+,30?,36?/m1/s1. The second kappa shape index (κ2) is 13.6. The van der Waals surface area contributed by atoms with Gasteiger partial charge >= 0.3 is 0 Å². The Morgan fingerprint density at radius 1 is 1.11 bits per heavy atom. The van der Waals surface area contributed by atoms with Crippen molar-refractivity contribution >= 4 is 51.1 Å². The summed E-state index contributed by atoms with van der Waals surface area (Å²) in [4.78, 5) is 49.9. The molecule has 3 amide bonds. The number of rotatable bonds is 13. The number of fused-ring (bicyclic) bond motifs is 1. The summed E-state index contributed by atoms with van der Waals surface area (Å²) < 4.78 is -0.814. The van der Waals surface area contributed by atoms with Gasteiger partial charge in [-0.25, -0.2) is 0 Å². The van der Waals surface area contributed by atoms with Crippen molar-refractivity contribution in [3.05, 3.63) is 55.6 Å². The van der Waals surface area contributed by atoms with Crippen molar-refractivity contribution in [3.63, 3.8) is 0 Å². The van der Waals surface area contributed by atoms with Gasteiger partial charge < -0.3 is 19.8 Å². The number of aliphatic hydroxyl groups excluding tert-OH is 1. The van der Waals surface area contributed by atoms with Gasteiger partial charge in [0, 0.05) is 34.4 Å². The molecule has 0 radical (unpaired) electrons. The summed E-state index contributed by atoms with van der Waals surface area (Å²) in [7, 11) is 0. The Labute approximate surface area is 283 Å². The lowest BCUT2D eigenvalue weighted by Crippen LogP contribution is -2.62. The number of anilines is 1. The van der Waals surface area contributed by atoms with Gasteiger partial charge in [0.1, 0.15) is 6.04 Å². The van der Waals surface area contributed by atoms with E-state index in [9.17, 15) is 14.7 Å². The third-order valence-corrected chi connectivity index (χ3v) is 12.7. The molecule has 1 N–H and O–H groups in total. The minimum absolute atomic E-state index is 0.0500. The smallest absolute Gasteiger partial charge is 0.247 e. The van der Waals surface area contributed by atoms with Gasteiger partial charge in [-0.1, -0.05) is 80.9 Å². The van der Waals surface area contributed by atoms with Gasteiger partial charge in [-0.15, -0.1) is 24.9 Å². The first-order valence-electron chi connectivity index (χ1n) is 16.2. The van der Waals surface area contributed by atoms with Crippen LogP contribution in [0.4, 0.5) is 5.69 Å². The van der Waals surface area contributed by atoms with Crippen LogP contribution in [0.15, 0.2) is 55.6 Å². The van der Waals surface area contributed by atoms with E-state index in [1.165, 1.54) is 0 Å². The molecular weight excluding hydrogens is 650 g/mol. The Bertz CT molecular complexity index is 1280. The molecule has 0 aromatic heterocycles. The zero-order valence-electron chi connectivity index (χ0n) is 28.0. The van der Waals surface area contributed by atoms with Gasteiger partial charge in [-0.3, -0.25) is 14.4 Å². The quantitative estimate of drug-likeness (QED) is 0.193. The van der Waals surface area contributed by atoms with E-state index < -0.39 is 34.2 Å². The van der Waals surface area contributed by atoms with E-state index in [4.69, 9.17) is 0 Å². The molecule has 0 aliphatic carbocycles. The summed E-state index contributed by atoms with van der Waals surface area (Å²) in [5.41, 5.74) is 0.170. The van der Waals surface area contributed by atoms with E-state index in [0.29, 0.717) is 25.9 Å². The highest BCUT2D eigenvalue weighted by Crippen LogP contribution is 2.68. The van der Waals surface area contributed by atoms with Crippen molar-refractivity contribution in [2.75, 3.05) is 24.6 Å². The SMILES string of the molecule is C=CCN(C(=O)[C@H]1[C@H]2C(=O)N([C@@H](CO)CC(C)C)C(C(=O)N(CC=C)C(C)(C)CC(C)(C)C)C23CC(Br)[C@@H]1S3)c1ccccc1. The summed E-state index contributed by atoms with van der Waals surface area (Å²) >= 11 is 5.54. The zero-order chi connectivity index (χ0) is 33.5. The Morgan fingerprint density at radius 3 is 2.27 bits per heavy atom. The predicted octanol–water partition coefficient (Wildman–Crippen LogP) is 6.31. The molecule has 9 heteroatoms. The van der Waals surface area contributed by atoms with Crippen LogP contribution >= 0.6 is 27.7 Å². The molecular formula is C36H52BrN3O4S. The highest BCUT2D eigenvalue weighted by molar-refractivity contribution is 9.09. The van der Waals surface area contributed by atoms with Crippen LogP contribution in [-0.4, -0.2) is 84.8 Å². The largest absolute Gasteiger partial charge is 0.394 e. The molecule has 3 heterocycles. The van der Waals surface area contributed by atoms with Gasteiger partial charge in [0.15, 0.2) is 0 Å². The highest BCUT2D eigenvalue weighted by atomic mass is 79.9. The maximum absolute atomic E-state index is 15.2. The molecule has 45 heavy (non-hydrogen) atoms. The fraction of sp³-hybridized carbons (Fsp3) is 0.639. The number of carbonyl (C=O) groups is 3. The lowest BCUT2D eigenvalue weighted by molar-refractivity contribution is -0.149. The third-order valence-electron chi connectivity index (χ3n) is 9.51. The lowest BCUT2D eigenvalue weighted by Gasteiger charge is -2.47. The zero-order valence-corrected chi connectivity index (χ0v) is 30.4. The maximum Gasteiger partial charge on any atom is 0.247 e. The van der Waals surface area contributed by atoms with Crippen LogP contribution in [-0.2, 0) is 14.4 Å². The molecule has 3 aliphatic heterocycles. The van der Waals surface area contributed by atoms with Crippen LogP contribution < -0.4 is 4.90 Å². The molecule has 2 bridgehead atoms. The monoisotopic (exact) mass is 701 g/mol. The first-order valence-corrected chi connectivity index (χ1v) is 18.0. The second-order valence-electron chi connectivity index (χ2n) is 15.2. The van der Waals surface area contributed by atoms with Crippen LogP contribution in [0.1, 0.15) is 67.7 Å². The Morgan fingerprint density at radius 2 is 1.73 bits per heavy atom. The second-order valence-corrected chi connectivity index (χ2v) is 18.0. The van der Waals surface area contributed by atoms with E-state index in [-0.39, 0.29) is 45.7 Å². The summed E-state index contributed by atoms with van der Waals surface area (Å²) in [6.07, 6.45) is 5.35. The number of carbonyl (C=O) groups excluding carboxylic acids is 3. The molecule has 3 fully saturated rings. The summed E-state index contributed by atoms with van der Waals surface area (Å²) in [6, 6.07) is 8.13. The number of thioether (sulfide) groups is 1. The molecule has 3 saturated heterocycles. The van der Waals surface area contributed by atoms with Crippen molar-refractivity contribution in [2.45, 2.75) is 100 Å². The topological polar surface area (TPSA) is 81.2 Å². The average Bonchev–Trinajstić information content (AvgIpc) is 3.55. The number of hydrogen-bond acceptors (Lipinski definition) is 5. The van der Waals surface area contributed by atoms with E-state index in [1.54, 1.807) is 33.7 Å². The number of alkyl halides is 1. The van der Waals surface area contributed by atoms with Gasteiger partial charge in [-0.05, 0) is 56.6 Å². The van der Waals surface area contributed by atoms with E-state index in [0.717, 1.165) is 12.1 Å². The molecule has 7 atom stereocenters. The number of nitrogens with zero attached hydrogens (tertiary/aromatic N) is 3. The minimum Gasteiger partial charge on any atom is -0.394 e. The Kier molecular flexibility index (Phi) is 10.8. The number of para-hydroxylation sites is 1. The first kappa shape index (κ1) is 35.7. The van der Waals surface area contributed by atoms with Crippen molar-refractivity contribution in [1.29, 1.82) is 0 Å². The number of amides is 3. The first-order chi connectivity index (χ1) is 21.0.